The minimum atomic E-state index is -0.485. The van der Waals surface area contributed by atoms with E-state index in [0.717, 1.165) is 48.6 Å². The third-order valence-corrected chi connectivity index (χ3v) is 6.65. The molecule has 184 valence electrons. The van der Waals surface area contributed by atoms with Crippen molar-refractivity contribution >= 4 is 17.6 Å². The molecule has 0 amide bonds. The van der Waals surface area contributed by atoms with E-state index < -0.39 is 11.6 Å². The Hall–Kier alpha value is -4.03. The maximum Gasteiger partial charge on any atom is 0.130 e. The van der Waals surface area contributed by atoms with E-state index in [9.17, 15) is 14.0 Å². The van der Waals surface area contributed by atoms with Crippen LogP contribution in [0.15, 0.2) is 48.7 Å². The second-order valence-corrected chi connectivity index (χ2v) is 8.86. The summed E-state index contributed by atoms with van der Waals surface area (Å²) in [5.74, 6) is -0.183. The molecular weight excluding hydrogens is 462 g/mol. The third kappa shape index (κ3) is 4.86. The Balaban J connectivity index is 1.30. The second-order valence-electron chi connectivity index (χ2n) is 8.86. The SMILES string of the molecule is N#Cc1cc(-c2cnc(/C=C\C(=N)N3CCCC3c3cc(F)ccc3F)[nH]2)ccc1N1CCOCC1. The molecule has 36 heavy (non-hydrogen) atoms. The third-order valence-electron chi connectivity index (χ3n) is 6.65. The first-order valence-electron chi connectivity index (χ1n) is 11.9. The van der Waals surface area contributed by atoms with Gasteiger partial charge >= 0.3 is 0 Å². The van der Waals surface area contributed by atoms with Crippen LogP contribution in [0.25, 0.3) is 17.3 Å². The van der Waals surface area contributed by atoms with E-state index >= 15 is 0 Å². The number of aromatic nitrogens is 2. The van der Waals surface area contributed by atoms with Crippen LogP contribution >= 0.6 is 0 Å². The summed E-state index contributed by atoms with van der Waals surface area (Å²) in [4.78, 5) is 11.5. The highest BCUT2D eigenvalue weighted by Crippen LogP contribution is 2.34. The predicted molar refractivity (Wildman–Crippen MR) is 134 cm³/mol. The van der Waals surface area contributed by atoms with Crippen molar-refractivity contribution in [1.29, 1.82) is 10.7 Å². The van der Waals surface area contributed by atoms with Crippen LogP contribution in [0.1, 0.15) is 35.8 Å². The first-order chi connectivity index (χ1) is 17.5. The standard InChI is InChI=1S/C27H26F2N6O/c28-20-4-5-22(29)21(15-20)25-2-1-9-35(25)26(31)7-8-27-32-17-23(33-27)18-3-6-24(19(14-18)16-30)34-10-12-36-13-11-34/h3-8,14-15,17,25,31H,1-2,9-13H2,(H,32,33)/b8-7-,31-26?. The molecule has 5 rings (SSSR count). The average molecular weight is 489 g/mol. The minimum absolute atomic E-state index is 0.209. The van der Waals surface area contributed by atoms with Crippen molar-refractivity contribution in [2.45, 2.75) is 18.9 Å². The molecule has 2 saturated heterocycles. The molecule has 0 radical (unpaired) electrons. The Morgan fingerprint density at radius 2 is 2.00 bits per heavy atom. The molecule has 1 atom stereocenters. The highest BCUT2D eigenvalue weighted by atomic mass is 19.1. The van der Waals surface area contributed by atoms with Crippen LogP contribution < -0.4 is 4.90 Å². The molecule has 7 nitrogen and oxygen atoms in total. The lowest BCUT2D eigenvalue weighted by molar-refractivity contribution is 0.122. The molecule has 2 fully saturated rings. The van der Waals surface area contributed by atoms with Crippen molar-refractivity contribution in [2.75, 3.05) is 37.7 Å². The summed E-state index contributed by atoms with van der Waals surface area (Å²) in [6.07, 6.45) is 6.44. The summed E-state index contributed by atoms with van der Waals surface area (Å²) in [7, 11) is 0. The molecule has 0 aliphatic carbocycles. The highest BCUT2D eigenvalue weighted by Gasteiger charge is 2.29. The van der Waals surface area contributed by atoms with Gasteiger partial charge in [-0.05, 0) is 55.3 Å². The number of likely N-dealkylation sites (tertiary alicyclic amines) is 1. The first kappa shape index (κ1) is 23.7. The van der Waals surface area contributed by atoms with Crippen LogP contribution in [0.5, 0.6) is 0 Å². The number of nitrogens with one attached hydrogen (secondary N) is 2. The zero-order valence-corrected chi connectivity index (χ0v) is 19.7. The molecule has 9 heteroatoms. The molecule has 1 aromatic heterocycles. The summed E-state index contributed by atoms with van der Waals surface area (Å²) in [5, 5.41) is 18.2. The summed E-state index contributed by atoms with van der Waals surface area (Å²) in [6.45, 7) is 3.39. The van der Waals surface area contributed by atoms with E-state index in [0.29, 0.717) is 37.6 Å². The van der Waals surface area contributed by atoms with Crippen LogP contribution in [0.2, 0.25) is 0 Å². The van der Waals surface area contributed by atoms with Gasteiger partial charge in [-0.15, -0.1) is 0 Å². The monoisotopic (exact) mass is 488 g/mol. The molecule has 0 saturated carbocycles. The topological polar surface area (TPSA) is 92.0 Å². The maximum absolute atomic E-state index is 14.3. The van der Waals surface area contributed by atoms with Gasteiger partial charge in [0.1, 0.15) is 29.4 Å². The molecule has 0 spiro atoms. The Morgan fingerprint density at radius 1 is 1.17 bits per heavy atom. The number of imidazole rings is 1. The van der Waals surface area contributed by atoms with Gasteiger partial charge in [-0.25, -0.2) is 13.8 Å². The van der Waals surface area contributed by atoms with Crippen molar-refractivity contribution < 1.29 is 13.5 Å². The molecule has 2 aliphatic heterocycles. The zero-order valence-electron chi connectivity index (χ0n) is 19.7. The average Bonchev–Trinajstić information content (AvgIpc) is 3.59. The fourth-order valence-corrected chi connectivity index (χ4v) is 4.84. The van der Waals surface area contributed by atoms with Gasteiger partial charge in [0.15, 0.2) is 0 Å². The summed E-state index contributed by atoms with van der Waals surface area (Å²) in [6, 6.07) is 11.1. The molecule has 2 aliphatic rings. The Morgan fingerprint density at radius 3 is 2.81 bits per heavy atom. The number of benzene rings is 2. The van der Waals surface area contributed by atoms with Crippen LogP contribution in [0, 0.1) is 28.4 Å². The minimum Gasteiger partial charge on any atom is -0.378 e. The second kappa shape index (κ2) is 10.3. The van der Waals surface area contributed by atoms with Gasteiger partial charge in [0, 0.05) is 30.8 Å². The van der Waals surface area contributed by atoms with Gasteiger partial charge in [-0.3, -0.25) is 5.41 Å². The van der Waals surface area contributed by atoms with Crippen molar-refractivity contribution in [3.05, 3.63) is 77.3 Å². The summed E-state index contributed by atoms with van der Waals surface area (Å²) >= 11 is 0. The molecule has 2 N–H and O–H groups in total. The lowest BCUT2D eigenvalue weighted by Crippen LogP contribution is -2.36. The van der Waals surface area contributed by atoms with Crippen LogP contribution in [0.4, 0.5) is 14.5 Å². The van der Waals surface area contributed by atoms with Crippen molar-refractivity contribution in [3.63, 3.8) is 0 Å². The van der Waals surface area contributed by atoms with Gasteiger partial charge in [0.05, 0.1) is 42.4 Å². The number of nitrogens with zero attached hydrogens (tertiary/aromatic N) is 4. The largest absolute Gasteiger partial charge is 0.378 e. The van der Waals surface area contributed by atoms with E-state index in [1.165, 1.54) is 6.07 Å². The molecule has 3 heterocycles. The van der Waals surface area contributed by atoms with Crippen molar-refractivity contribution in [1.82, 2.24) is 14.9 Å². The molecule has 3 aromatic rings. The van der Waals surface area contributed by atoms with Gasteiger partial charge in [-0.2, -0.15) is 5.26 Å². The number of anilines is 1. The van der Waals surface area contributed by atoms with Crippen molar-refractivity contribution in [2.24, 2.45) is 0 Å². The van der Waals surface area contributed by atoms with Gasteiger partial charge in [0.25, 0.3) is 0 Å². The summed E-state index contributed by atoms with van der Waals surface area (Å²) < 4.78 is 33.5. The molecule has 2 aromatic carbocycles. The number of H-pyrrole nitrogens is 1. The van der Waals surface area contributed by atoms with Gasteiger partial charge in [0.2, 0.25) is 0 Å². The Labute approximate surface area is 208 Å². The quantitative estimate of drug-likeness (QED) is 0.394. The number of amidine groups is 1. The maximum atomic E-state index is 14.3. The lowest BCUT2D eigenvalue weighted by Gasteiger charge is -2.29. The van der Waals surface area contributed by atoms with Crippen LogP contribution in [-0.2, 0) is 4.74 Å². The van der Waals surface area contributed by atoms with Crippen molar-refractivity contribution in [3.8, 4) is 17.3 Å². The number of aromatic amines is 1. The van der Waals surface area contributed by atoms with E-state index in [1.807, 2.05) is 18.2 Å². The molecule has 1 unspecified atom stereocenters. The van der Waals surface area contributed by atoms with Gasteiger partial charge < -0.3 is 19.5 Å². The first-order valence-corrected chi connectivity index (χ1v) is 11.9. The molecule has 0 bridgehead atoms. The van der Waals surface area contributed by atoms with Crippen LogP contribution in [0.3, 0.4) is 0 Å². The number of halogens is 2. The fraction of sp³-hybridized carbons (Fsp3) is 0.296. The fourth-order valence-electron chi connectivity index (χ4n) is 4.84. The van der Waals surface area contributed by atoms with E-state index in [-0.39, 0.29) is 17.4 Å². The Kier molecular flexibility index (Phi) is 6.78. The van der Waals surface area contributed by atoms with E-state index in [2.05, 4.69) is 20.9 Å². The zero-order chi connectivity index (χ0) is 25.1. The van der Waals surface area contributed by atoms with Crippen LogP contribution in [-0.4, -0.2) is 53.6 Å². The molecular formula is C27H26F2N6O. The van der Waals surface area contributed by atoms with E-state index in [4.69, 9.17) is 10.1 Å². The highest BCUT2D eigenvalue weighted by molar-refractivity contribution is 5.94. The number of ether oxygens (including phenoxy) is 1. The number of morpholine rings is 1. The summed E-state index contributed by atoms with van der Waals surface area (Å²) in [5.41, 5.74) is 3.36. The number of hydrogen-bond donors (Lipinski definition) is 2. The predicted octanol–water partition coefficient (Wildman–Crippen LogP) is 4.89. The number of hydrogen-bond acceptors (Lipinski definition) is 5. The number of nitriles is 1. The van der Waals surface area contributed by atoms with E-state index in [1.54, 1.807) is 23.2 Å². The Bertz CT molecular complexity index is 1340. The smallest absolute Gasteiger partial charge is 0.130 e. The van der Waals surface area contributed by atoms with Gasteiger partial charge in [-0.1, -0.05) is 6.07 Å². The number of rotatable bonds is 5. The normalized spacial score (nSPS) is 18.1. The lowest BCUT2D eigenvalue weighted by atomic mass is 10.0.